The van der Waals surface area contributed by atoms with Crippen LogP contribution in [0.3, 0.4) is 0 Å². The Labute approximate surface area is 145 Å². The van der Waals surface area contributed by atoms with Gasteiger partial charge in [0.15, 0.2) is 0 Å². The van der Waals surface area contributed by atoms with Crippen LogP contribution in [-0.4, -0.2) is 27.1 Å². The Hall–Kier alpha value is -2.15. The Kier molecular flexibility index (Phi) is 4.45. The minimum Gasteiger partial charge on any atom is -0.378 e. The van der Waals surface area contributed by atoms with Crippen molar-refractivity contribution in [3.8, 4) is 20.9 Å². The van der Waals surface area contributed by atoms with Crippen molar-refractivity contribution in [2.45, 2.75) is 4.90 Å². The van der Waals surface area contributed by atoms with Gasteiger partial charge < -0.3 is 4.90 Å². The van der Waals surface area contributed by atoms with Gasteiger partial charge in [-0.25, -0.2) is 0 Å². The highest BCUT2D eigenvalue weighted by Crippen LogP contribution is 2.35. The molecular weight excluding hydrogens is 342 g/mol. The zero-order valence-corrected chi connectivity index (χ0v) is 14.9. The van der Waals surface area contributed by atoms with Gasteiger partial charge in [0.2, 0.25) is 0 Å². The number of hydrogen-bond donors (Lipinski definition) is 1. The standard InChI is InChI=1S/C18H17NO3S2/c1-19(2)15-7-3-13(4-8-15)17-11-12-18(23-17)14-5-9-16(10-6-14)24(20,21)22/h3-12H,1-2H3,(H,20,21,22). The second kappa shape index (κ2) is 6.39. The first-order chi connectivity index (χ1) is 11.3. The van der Waals surface area contributed by atoms with Gasteiger partial charge in [-0.3, -0.25) is 4.55 Å². The fourth-order valence-corrected chi connectivity index (χ4v) is 3.86. The molecule has 0 radical (unpaired) electrons. The number of anilines is 1. The van der Waals surface area contributed by atoms with Gasteiger partial charge in [-0.05, 0) is 47.5 Å². The lowest BCUT2D eigenvalue weighted by atomic mass is 10.1. The summed E-state index contributed by atoms with van der Waals surface area (Å²) in [7, 11) is -0.134. The molecule has 1 heterocycles. The van der Waals surface area contributed by atoms with Crippen molar-refractivity contribution in [2.24, 2.45) is 0 Å². The monoisotopic (exact) mass is 359 g/mol. The van der Waals surface area contributed by atoms with E-state index in [0.29, 0.717) is 0 Å². The molecule has 4 nitrogen and oxygen atoms in total. The van der Waals surface area contributed by atoms with E-state index in [1.54, 1.807) is 23.5 Å². The van der Waals surface area contributed by atoms with Crippen LogP contribution in [0.15, 0.2) is 65.6 Å². The molecular formula is C18H17NO3S2. The number of rotatable bonds is 4. The van der Waals surface area contributed by atoms with Gasteiger partial charge in [0.1, 0.15) is 0 Å². The fraction of sp³-hybridized carbons (Fsp3) is 0.111. The van der Waals surface area contributed by atoms with Gasteiger partial charge in [0, 0.05) is 29.5 Å². The molecule has 0 saturated heterocycles. The van der Waals surface area contributed by atoms with Crippen molar-refractivity contribution in [1.29, 1.82) is 0 Å². The van der Waals surface area contributed by atoms with E-state index in [-0.39, 0.29) is 4.90 Å². The van der Waals surface area contributed by atoms with Crippen LogP contribution < -0.4 is 4.90 Å². The lowest BCUT2D eigenvalue weighted by Crippen LogP contribution is -2.07. The third-order valence-electron chi connectivity index (χ3n) is 3.71. The van der Waals surface area contributed by atoms with Crippen molar-refractivity contribution < 1.29 is 13.0 Å². The minimum atomic E-state index is -4.15. The lowest BCUT2D eigenvalue weighted by Gasteiger charge is -2.12. The molecule has 0 aliphatic heterocycles. The molecule has 1 N–H and O–H groups in total. The van der Waals surface area contributed by atoms with Crippen LogP contribution in [0.4, 0.5) is 5.69 Å². The molecule has 1 aromatic heterocycles. The van der Waals surface area contributed by atoms with Gasteiger partial charge in [-0.2, -0.15) is 8.42 Å². The fourth-order valence-electron chi connectivity index (χ4n) is 2.36. The molecule has 0 amide bonds. The normalized spacial score (nSPS) is 11.5. The quantitative estimate of drug-likeness (QED) is 0.702. The van der Waals surface area contributed by atoms with Crippen LogP contribution in [0, 0.1) is 0 Å². The highest BCUT2D eigenvalue weighted by Gasteiger charge is 2.10. The molecule has 0 spiro atoms. The Morgan fingerprint density at radius 2 is 1.25 bits per heavy atom. The molecule has 0 atom stereocenters. The Morgan fingerprint density at radius 1 is 0.792 bits per heavy atom. The summed E-state index contributed by atoms with van der Waals surface area (Å²) in [6.45, 7) is 0. The Morgan fingerprint density at radius 3 is 1.67 bits per heavy atom. The Balaban J connectivity index is 1.87. The highest BCUT2D eigenvalue weighted by molar-refractivity contribution is 7.85. The summed E-state index contributed by atoms with van der Waals surface area (Å²) in [6.07, 6.45) is 0. The van der Waals surface area contributed by atoms with Crippen LogP contribution in [0.2, 0.25) is 0 Å². The van der Waals surface area contributed by atoms with Gasteiger partial charge in [0.05, 0.1) is 4.90 Å². The van der Waals surface area contributed by atoms with Crippen molar-refractivity contribution in [3.05, 3.63) is 60.7 Å². The van der Waals surface area contributed by atoms with Crippen molar-refractivity contribution in [2.75, 3.05) is 19.0 Å². The highest BCUT2D eigenvalue weighted by atomic mass is 32.2. The van der Waals surface area contributed by atoms with Gasteiger partial charge in [-0.15, -0.1) is 11.3 Å². The molecule has 0 unspecified atom stereocenters. The first-order valence-electron chi connectivity index (χ1n) is 7.30. The maximum Gasteiger partial charge on any atom is 0.294 e. The molecule has 2 aromatic carbocycles. The molecule has 0 saturated carbocycles. The van der Waals surface area contributed by atoms with E-state index < -0.39 is 10.1 Å². The average Bonchev–Trinajstić information content (AvgIpc) is 3.04. The van der Waals surface area contributed by atoms with Gasteiger partial charge >= 0.3 is 0 Å². The Bertz CT molecular complexity index is 941. The number of hydrogen-bond acceptors (Lipinski definition) is 4. The maximum atomic E-state index is 11.1. The smallest absolute Gasteiger partial charge is 0.294 e. The van der Waals surface area contributed by atoms with Crippen LogP contribution >= 0.6 is 11.3 Å². The van der Waals surface area contributed by atoms with E-state index >= 15 is 0 Å². The van der Waals surface area contributed by atoms with Crippen LogP contribution in [0.5, 0.6) is 0 Å². The summed E-state index contributed by atoms with van der Waals surface area (Å²) in [6, 6.07) is 18.6. The predicted molar refractivity (Wildman–Crippen MR) is 99.3 cm³/mol. The second-order valence-corrected chi connectivity index (χ2v) is 8.11. The molecule has 3 aromatic rings. The predicted octanol–water partition coefficient (Wildman–Crippen LogP) is 4.39. The molecule has 24 heavy (non-hydrogen) atoms. The number of benzene rings is 2. The van der Waals surface area contributed by atoms with Crippen LogP contribution in [-0.2, 0) is 10.1 Å². The van der Waals surface area contributed by atoms with Crippen molar-refractivity contribution in [1.82, 2.24) is 0 Å². The first-order valence-corrected chi connectivity index (χ1v) is 9.56. The average molecular weight is 359 g/mol. The largest absolute Gasteiger partial charge is 0.378 e. The summed E-state index contributed by atoms with van der Waals surface area (Å²) in [5.74, 6) is 0. The molecule has 124 valence electrons. The molecule has 0 fully saturated rings. The first kappa shape index (κ1) is 16.7. The van der Waals surface area contributed by atoms with E-state index in [9.17, 15) is 8.42 Å². The van der Waals surface area contributed by atoms with Gasteiger partial charge in [0.25, 0.3) is 10.1 Å². The van der Waals surface area contributed by atoms with E-state index in [1.165, 1.54) is 12.1 Å². The zero-order chi connectivity index (χ0) is 17.3. The van der Waals surface area contributed by atoms with E-state index in [4.69, 9.17) is 4.55 Å². The third-order valence-corrected chi connectivity index (χ3v) is 5.76. The summed E-state index contributed by atoms with van der Waals surface area (Å²) in [5, 5.41) is 0. The zero-order valence-electron chi connectivity index (χ0n) is 13.3. The van der Waals surface area contributed by atoms with Crippen molar-refractivity contribution in [3.63, 3.8) is 0 Å². The lowest BCUT2D eigenvalue weighted by molar-refractivity contribution is 0.483. The second-order valence-electron chi connectivity index (χ2n) is 5.60. The van der Waals surface area contributed by atoms with Gasteiger partial charge in [-0.1, -0.05) is 24.3 Å². The number of thiophene rings is 1. The summed E-state index contributed by atoms with van der Waals surface area (Å²) in [4.78, 5) is 4.15. The van der Waals surface area contributed by atoms with E-state index in [0.717, 1.165) is 26.6 Å². The van der Waals surface area contributed by atoms with E-state index in [1.807, 2.05) is 20.2 Å². The number of nitrogens with zero attached hydrogens (tertiary/aromatic N) is 1. The summed E-state index contributed by atoms with van der Waals surface area (Å²) >= 11 is 1.64. The van der Waals surface area contributed by atoms with E-state index in [2.05, 4.69) is 35.2 Å². The molecule has 0 aliphatic carbocycles. The third kappa shape index (κ3) is 3.51. The van der Waals surface area contributed by atoms with Crippen LogP contribution in [0.25, 0.3) is 20.9 Å². The van der Waals surface area contributed by atoms with Crippen molar-refractivity contribution >= 4 is 27.1 Å². The molecule has 0 aliphatic rings. The minimum absolute atomic E-state index is 0.0951. The topological polar surface area (TPSA) is 57.6 Å². The molecule has 3 rings (SSSR count). The molecule has 0 bridgehead atoms. The maximum absolute atomic E-state index is 11.1. The SMILES string of the molecule is CN(C)c1ccc(-c2ccc(-c3ccc(S(=O)(=O)O)cc3)s2)cc1. The summed E-state index contributed by atoms with van der Waals surface area (Å²) < 4.78 is 31.2. The molecule has 6 heteroatoms. The summed E-state index contributed by atoms with van der Waals surface area (Å²) in [5.41, 5.74) is 3.21. The van der Waals surface area contributed by atoms with Crippen LogP contribution in [0.1, 0.15) is 0 Å².